The molecule has 2 aromatic carbocycles. The van der Waals surface area contributed by atoms with Gasteiger partial charge in [0.2, 0.25) is 5.91 Å². The molecule has 4 nitrogen and oxygen atoms in total. The third kappa shape index (κ3) is 5.13. The summed E-state index contributed by atoms with van der Waals surface area (Å²) >= 11 is 3.45. The molecule has 0 fully saturated rings. The Morgan fingerprint density at radius 2 is 1.88 bits per heavy atom. The molecule has 0 unspecified atom stereocenters. The molecule has 0 heterocycles. The van der Waals surface area contributed by atoms with E-state index in [4.69, 9.17) is 9.47 Å². The van der Waals surface area contributed by atoms with E-state index < -0.39 is 0 Å². The third-order valence-electron chi connectivity index (χ3n) is 3.48. The molecule has 24 heavy (non-hydrogen) atoms. The normalized spacial score (nSPS) is 10.6. The number of nitrogens with one attached hydrogen (secondary N) is 1. The first-order valence-corrected chi connectivity index (χ1v) is 8.34. The number of ether oxygens (including phenoxy) is 2. The van der Waals surface area contributed by atoms with Crippen molar-refractivity contribution >= 4 is 27.9 Å². The van der Waals surface area contributed by atoms with Crippen LogP contribution >= 0.6 is 15.9 Å². The summed E-state index contributed by atoms with van der Waals surface area (Å²) in [5, 5.41) is 2.87. The number of carbonyl (C=O) groups is 1. The molecule has 0 radical (unpaired) electrons. The Morgan fingerprint density at radius 1 is 1.12 bits per heavy atom. The van der Waals surface area contributed by atoms with Crippen LogP contribution in [0.25, 0.3) is 6.08 Å². The lowest BCUT2D eigenvalue weighted by Gasteiger charge is -2.09. The second-order valence-corrected chi connectivity index (χ2v) is 5.94. The van der Waals surface area contributed by atoms with Gasteiger partial charge in [-0.15, -0.1) is 0 Å². The molecule has 0 atom stereocenters. The summed E-state index contributed by atoms with van der Waals surface area (Å²) in [7, 11) is 3.21. The highest BCUT2D eigenvalue weighted by Crippen LogP contribution is 2.27. The summed E-state index contributed by atoms with van der Waals surface area (Å²) in [6, 6.07) is 13.5. The van der Waals surface area contributed by atoms with Gasteiger partial charge in [-0.25, -0.2) is 0 Å². The maximum Gasteiger partial charge on any atom is 0.244 e. The van der Waals surface area contributed by atoms with Crippen molar-refractivity contribution in [2.75, 3.05) is 20.8 Å². The predicted molar refractivity (Wildman–Crippen MR) is 99.4 cm³/mol. The molecule has 0 spiro atoms. The molecule has 0 bridgehead atoms. The standard InChI is InChI=1S/C19H20BrNO3/c1-23-17-9-7-14(13-18(17)24-2)11-12-21-19(22)10-8-15-5-3-4-6-16(15)20/h3-10,13H,11-12H2,1-2H3,(H,21,22)/b10-8+. The molecule has 0 saturated heterocycles. The topological polar surface area (TPSA) is 47.6 Å². The van der Waals surface area contributed by atoms with Crippen molar-refractivity contribution < 1.29 is 14.3 Å². The lowest BCUT2D eigenvalue weighted by atomic mass is 10.1. The minimum absolute atomic E-state index is 0.119. The predicted octanol–water partition coefficient (Wildman–Crippen LogP) is 3.84. The van der Waals surface area contributed by atoms with Gasteiger partial charge in [0.05, 0.1) is 14.2 Å². The van der Waals surface area contributed by atoms with Crippen LogP contribution in [-0.4, -0.2) is 26.7 Å². The van der Waals surface area contributed by atoms with Crippen molar-refractivity contribution in [3.8, 4) is 11.5 Å². The molecular weight excluding hydrogens is 370 g/mol. The minimum Gasteiger partial charge on any atom is -0.493 e. The van der Waals surface area contributed by atoms with Gasteiger partial charge in [-0.1, -0.05) is 40.2 Å². The van der Waals surface area contributed by atoms with Gasteiger partial charge in [0.25, 0.3) is 0 Å². The summed E-state index contributed by atoms with van der Waals surface area (Å²) < 4.78 is 11.4. The summed E-state index contributed by atoms with van der Waals surface area (Å²) in [6.07, 6.45) is 4.04. The molecule has 0 aliphatic carbocycles. The van der Waals surface area contributed by atoms with Gasteiger partial charge in [0.1, 0.15) is 0 Å². The van der Waals surface area contributed by atoms with Gasteiger partial charge in [0.15, 0.2) is 11.5 Å². The van der Waals surface area contributed by atoms with E-state index >= 15 is 0 Å². The molecule has 0 aliphatic heterocycles. The average molecular weight is 390 g/mol. The van der Waals surface area contributed by atoms with E-state index in [-0.39, 0.29) is 5.91 Å². The second kappa shape index (κ2) is 9.13. The van der Waals surface area contributed by atoms with Gasteiger partial charge >= 0.3 is 0 Å². The molecule has 126 valence electrons. The highest BCUT2D eigenvalue weighted by molar-refractivity contribution is 9.10. The number of methoxy groups -OCH3 is 2. The number of rotatable bonds is 7. The van der Waals surface area contributed by atoms with Crippen molar-refractivity contribution in [1.82, 2.24) is 5.32 Å². The quantitative estimate of drug-likeness (QED) is 0.731. The number of carbonyl (C=O) groups excluding carboxylic acids is 1. The van der Waals surface area contributed by atoms with E-state index in [0.29, 0.717) is 18.0 Å². The Balaban J connectivity index is 1.85. The zero-order valence-electron chi connectivity index (χ0n) is 13.7. The van der Waals surface area contributed by atoms with Crippen LogP contribution in [0.4, 0.5) is 0 Å². The monoisotopic (exact) mass is 389 g/mol. The minimum atomic E-state index is -0.119. The smallest absolute Gasteiger partial charge is 0.244 e. The van der Waals surface area contributed by atoms with E-state index in [1.54, 1.807) is 20.3 Å². The number of halogens is 1. The van der Waals surface area contributed by atoms with E-state index in [2.05, 4.69) is 21.2 Å². The van der Waals surface area contributed by atoms with Crippen molar-refractivity contribution in [2.45, 2.75) is 6.42 Å². The highest BCUT2D eigenvalue weighted by atomic mass is 79.9. The molecule has 1 amide bonds. The van der Waals surface area contributed by atoms with E-state index in [1.165, 1.54) is 6.08 Å². The summed E-state index contributed by atoms with van der Waals surface area (Å²) in [5.74, 6) is 1.27. The Bertz CT molecular complexity index is 728. The van der Waals surface area contributed by atoms with Crippen LogP contribution < -0.4 is 14.8 Å². The van der Waals surface area contributed by atoms with E-state index in [0.717, 1.165) is 22.0 Å². The summed E-state index contributed by atoms with van der Waals surface area (Å²) in [6.45, 7) is 0.550. The Kier molecular flexibility index (Phi) is 6.88. The van der Waals surface area contributed by atoms with Crippen molar-refractivity contribution in [2.24, 2.45) is 0 Å². The van der Waals surface area contributed by atoms with E-state index in [9.17, 15) is 4.79 Å². The largest absolute Gasteiger partial charge is 0.493 e. The highest BCUT2D eigenvalue weighted by Gasteiger charge is 2.05. The first-order chi connectivity index (χ1) is 11.6. The molecule has 0 aliphatic rings. The van der Waals surface area contributed by atoms with Gasteiger partial charge in [-0.05, 0) is 41.8 Å². The zero-order chi connectivity index (χ0) is 17.4. The molecule has 1 N–H and O–H groups in total. The molecule has 2 rings (SSSR count). The van der Waals surface area contributed by atoms with Gasteiger partial charge < -0.3 is 14.8 Å². The third-order valence-corrected chi connectivity index (χ3v) is 4.20. The number of hydrogen-bond donors (Lipinski definition) is 1. The number of benzene rings is 2. The fraction of sp³-hybridized carbons (Fsp3) is 0.211. The van der Waals surface area contributed by atoms with Crippen LogP contribution in [0.5, 0.6) is 11.5 Å². The Labute approximate surface area is 150 Å². The van der Waals surface area contributed by atoms with Crippen molar-refractivity contribution in [3.05, 3.63) is 64.1 Å². The SMILES string of the molecule is COc1ccc(CCNC(=O)/C=C/c2ccccc2Br)cc1OC. The van der Waals surface area contributed by atoms with Crippen LogP contribution in [0, 0.1) is 0 Å². The fourth-order valence-electron chi connectivity index (χ4n) is 2.20. The van der Waals surface area contributed by atoms with Crippen molar-refractivity contribution in [1.29, 1.82) is 0 Å². The second-order valence-electron chi connectivity index (χ2n) is 5.09. The zero-order valence-corrected chi connectivity index (χ0v) is 15.3. The molecule has 2 aromatic rings. The number of hydrogen-bond acceptors (Lipinski definition) is 3. The lowest BCUT2D eigenvalue weighted by molar-refractivity contribution is -0.116. The number of amides is 1. The first kappa shape index (κ1) is 18.1. The molecule has 0 aromatic heterocycles. The van der Waals surface area contributed by atoms with Gasteiger partial charge in [0, 0.05) is 17.1 Å². The first-order valence-electron chi connectivity index (χ1n) is 7.55. The molecule has 0 saturated carbocycles. The van der Waals surface area contributed by atoms with Gasteiger partial charge in [-0.2, -0.15) is 0 Å². The lowest BCUT2D eigenvalue weighted by Crippen LogP contribution is -2.23. The fourth-order valence-corrected chi connectivity index (χ4v) is 2.62. The Morgan fingerprint density at radius 3 is 2.58 bits per heavy atom. The molecular formula is C19H20BrNO3. The van der Waals surface area contributed by atoms with Gasteiger partial charge in [-0.3, -0.25) is 4.79 Å². The van der Waals surface area contributed by atoms with Crippen LogP contribution in [0.2, 0.25) is 0 Å². The summed E-state index contributed by atoms with van der Waals surface area (Å²) in [4.78, 5) is 11.9. The van der Waals surface area contributed by atoms with Crippen LogP contribution in [0.3, 0.4) is 0 Å². The summed E-state index contributed by atoms with van der Waals surface area (Å²) in [5.41, 5.74) is 2.04. The van der Waals surface area contributed by atoms with Crippen LogP contribution in [0.1, 0.15) is 11.1 Å². The average Bonchev–Trinajstić information content (AvgIpc) is 2.61. The molecule has 5 heteroatoms. The van der Waals surface area contributed by atoms with Crippen LogP contribution in [0.15, 0.2) is 53.0 Å². The van der Waals surface area contributed by atoms with Crippen LogP contribution in [-0.2, 0) is 11.2 Å². The van der Waals surface area contributed by atoms with Crippen molar-refractivity contribution in [3.63, 3.8) is 0 Å². The maximum absolute atomic E-state index is 11.9. The maximum atomic E-state index is 11.9. The Hall–Kier alpha value is -2.27. The van der Waals surface area contributed by atoms with E-state index in [1.807, 2.05) is 42.5 Å².